The molecule has 7 heteroatoms. The van der Waals surface area contributed by atoms with Crippen molar-refractivity contribution in [3.05, 3.63) is 54.1 Å². The third-order valence-corrected chi connectivity index (χ3v) is 3.85. The van der Waals surface area contributed by atoms with Crippen molar-refractivity contribution in [2.24, 2.45) is 0 Å². The second kappa shape index (κ2) is 7.12. The van der Waals surface area contributed by atoms with Crippen LogP contribution in [0.1, 0.15) is 5.56 Å². The van der Waals surface area contributed by atoms with Crippen molar-refractivity contribution < 1.29 is 9.59 Å². The van der Waals surface area contributed by atoms with E-state index in [0.717, 1.165) is 16.6 Å². The van der Waals surface area contributed by atoms with E-state index in [4.69, 9.17) is 0 Å². The highest BCUT2D eigenvalue weighted by molar-refractivity contribution is 5.94. The number of nitrogens with zero attached hydrogens (tertiary/aromatic N) is 4. The number of carbonyl (C=O) groups excluding carboxylic acids is 2. The van der Waals surface area contributed by atoms with Crippen molar-refractivity contribution in [3.8, 4) is 0 Å². The van der Waals surface area contributed by atoms with E-state index in [0.29, 0.717) is 5.69 Å². The molecule has 0 saturated heterocycles. The number of anilines is 1. The Labute approximate surface area is 145 Å². The highest BCUT2D eigenvalue weighted by atomic mass is 16.2. The first-order chi connectivity index (χ1) is 12.0. The zero-order chi connectivity index (χ0) is 17.8. The lowest BCUT2D eigenvalue weighted by Gasteiger charge is -2.17. The van der Waals surface area contributed by atoms with Crippen LogP contribution in [0.2, 0.25) is 0 Å². The fourth-order valence-electron chi connectivity index (χ4n) is 2.42. The van der Waals surface area contributed by atoms with Crippen LogP contribution in [-0.4, -0.2) is 45.3 Å². The molecule has 0 fully saturated rings. The summed E-state index contributed by atoms with van der Waals surface area (Å²) in [5, 5.41) is 10.8. The topological polar surface area (TPSA) is 80.1 Å². The lowest BCUT2D eigenvalue weighted by atomic mass is 10.2. The predicted octanol–water partition coefficient (Wildman–Crippen LogP) is 1.84. The minimum Gasteiger partial charge on any atom is -0.335 e. The van der Waals surface area contributed by atoms with E-state index in [1.165, 1.54) is 9.58 Å². The average Bonchev–Trinajstić information content (AvgIpc) is 3.00. The van der Waals surface area contributed by atoms with Gasteiger partial charge in [-0.25, -0.2) is 4.68 Å². The van der Waals surface area contributed by atoms with E-state index < -0.39 is 0 Å². The van der Waals surface area contributed by atoms with Gasteiger partial charge in [0.15, 0.2) is 0 Å². The molecule has 2 aromatic carbocycles. The van der Waals surface area contributed by atoms with Gasteiger partial charge < -0.3 is 10.2 Å². The van der Waals surface area contributed by atoms with E-state index >= 15 is 0 Å². The van der Waals surface area contributed by atoms with Gasteiger partial charge in [-0.3, -0.25) is 9.59 Å². The largest absolute Gasteiger partial charge is 0.335 e. The highest BCUT2D eigenvalue weighted by Gasteiger charge is 2.15. The monoisotopic (exact) mass is 337 g/mol. The van der Waals surface area contributed by atoms with Crippen LogP contribution in [0.5, 0.6) is 0 Å². The standard InChI is InChI=1S/C18H19N5O2/c1-13-7-9-14(10-8-13)19-17(24)11-22(2)18(25)12-23-16-6-4-3-5-15(16)20-21-23/h3-10H,11-12H2,1-2H3,(H,19,24). The summed E-state index contributed by atoms with van der Waals surface area (Å²) in [7, 11) is 1.59. The first-order valence-electron chi connectivity index (χ1n) is 7.91. The van der Waals surface area contributed by atoms with Crippen molar-refractivity contribution in [1.82, 2.24) is 19.9 Å². The van der Waals surface area contributed by atoms with Crippen molar-refractivity contribution in [1.29, 1.82) is 0 Å². The van der Waals surface area contributed by atoms with E-state index in [9.17, 15) is 9.59 Å². The molecular formula is C18H19N5O2. The summed E-state index contributed by atoms with van der Waals surface area (Å²) in [6, 6.07) is 14.9. The molecule has 0 aliphatic carbocycles. The molecule has 3 aromatic rings. The fraction of sp³-hybridized carbons (Fsp3) is 0.222. The summed E-state index contributed by atoms with van der Waals surface area (Å²) in [5.41, 5.74) is 3.34. The Balaban J connectivity index is 1.58. The number of hydrogen-bond donors (Lipinski definition) is 1. The number of hydrogen-bond acceptors (Lipinski definition) is 4. The van der Waals surface area contributed by atoms with Crippen LogP contribution < -0.4 is 5.32 Å². The maximum atomic E-state index is 12.3. The molecule has 1 heterocycles. The lowest BCUT2D eigenvalue weighted by molar-refractivity contribution is -0.133. The van der Waals surface area contributed by atoms with Gasteiger partial charge in [-0.15, -0.1) is 5.10 Å². The van der Waals surface area contributed by atoms with Gasteiger partial charge >= 0.3 is 0 Å². The van der Waals surface area contributed by atoms with Crippen LogP contribution in [0.15, 0.2) is 48.5 Å². The SMILES string of the molecule is Cc1ccc(NC(=O)CN(C)C(=O)Cn2nnc3ccccc32)cc1. The molecule has 7 nitrogen and oxygen atoms in total. The molecule has 2 amide bonds. The van der Waals surface area contributed by atoms with Crippen molar-refractivity contribution in [2.45, 2.75) is 13.5 Å². The van der Waals surface area contributed by atoms with Crippen LogP contribution in [0.4, 0.5) is 5.69 Å². The zero-order valence-electron chi connectivity index (χ0n) is 14.1. The fourth-order valence-corrected chi connectivity index (χ4v) is 2.42. The summed E-state index contributed by atoms with van der Waals surface area (Å²) in [4.78, 5) is 25.8. The van der Waals surface area contributed by atoms with Gasteiger partial charge in [0.1, 0.15) is 12.1 Å². The van der Waals surface area contributed by atoms with Crippen LogP contribution in [0.3, 0.4) is 0 Å². The maximum absolute atomic E-state index is 12.3. The molecule has 1 N–H and O–H groups in total. The summed E-state index contributed by atoms with van der Waals surface area (Å²) >= 11 is 0. The molecule has 0 aliphatic heterocycles. The lowest BCUT2D eigenvalue weighted by Crippen LogP contribution is -2.37. The molecule has 1 aromatic heterocycles. The van der Waals surface area contributed by atoms with Crippen LogP contribution >= 0.6 is 0 Å². The second-order valence-electron chi connectivity index (χ2n) is 5.90. The molecule has 128 valence electrons. The van der Waals surface area contributed by atoms with Gasteiger partial charge in [0.2, 0.25) is 11.8 Å². The summed E-state index contributed by atoms with van der Waals surface area (Å²) < 4.78 is 1.53. The first kappa shape index (κ1) is 16.6. The van der Waals surface area contributed by atoms with Crippen LogP contribution in [-0.2, 0) is 16.1 Å². The number of aromatic nitrogens is 3. The molecule has 3 rings (SSSR count). The Bertz CT molecular complexity index is 901. The number of aryl methyl sites for hydroxylation is 1. The third kappa shape index (κ3) is 4.00. The quantitative estimate of drug-likeness (QED) is 0.770. The van der Waals surface area contributed by atoms with Crippen LogP contribution in [0.25, 0.3) is 11.0 Å². The second-order valence-corrected chi connectivity index (χ2v) is 5.90. The third-order valence-electron chi connectivity index (χ3n) is 3.85. The van der Waals surface area contributed by atoms with Crippen molar-refractivity contribution in [3.63, 3.8) is 0 Å². The van der Waals surface area contributed by atoms with Crippen molar-refractivity contribution >= 4 is 28.5 Å². The van der Waals surface area contributed by atoms with E-state index in [-0.39, 0.29) is 24.9 Å². The normalized spacial score (nSPS) is 10.6. The number of nitrogens with one attached hydrogen (secondary N) is 1. The number of fused-ring (bicyclic) bond motifs is 1. The number of rotatable bonds is 5. The van der Waals surface area contributed by atoms with E-state index in [1.54, 1.807) is 7.05 Å². The molecule has 0 atom stereocenters. The minimum atomic E-state index is -0.247. The molecule has 0 spiro atoms. The summed E-state index contributed by atoms with van der Waals surface area (Å²) in [5.74, 6) is -0.460. The molecular weight excluding hydrogens is 318 g/mol. The van der Waals surface area contributed by atoms with Gasteiger partial charge in [-0.05, 0) is 31.2 Å². The summed E-state index contributed by atoms with van der Waals surface area (Å²) in [6.45, 7) is 1.99. The molecule has 0 unspecified atom stereocenters. The minimum absolute atomic E-state index is 0.0284. The number of carbonyl (C=O) groups is 2. The van der Waals surface area contributed by atoms with E-state index in [1.807, 2.05) is 55.5 Å². The molecule has 0 radical (unpaired) electrons. The van der Waals surface area contributed by atoms with Gasteiger partial charge in [0.05, 0.1) is 12.1 Å². The van der Waals surface area contributed by atoms with E-state index in [2.05, 4.69) is 15.6 Å². The Hall–Kier alpha value is -3.22. The van der Waals surface area contributed by atoms with Gasteiger partial charge in [0, 0.05) is 12.7 Å². The number of likely N-dealkylation sites (N-methyl/N-ethyl adjacent to an activating group) is 1. The van der Waals surface area contributed by atoms with Gasteiger partial charge in [-0.2, -0.15) is 0 Å². The maximum Gasteiger partial charge on any atom is 0.244 e. The number of para-hydroxylation sites is 1. The summed E-state index contributed by atoms with van der Waals surface area (Å²) in [6.07, 6.45) is 0. The van der Waals surface area contributed by atoms with Crippen molar-refractivity contribution in [2.75, 3.05) is 18.9 Å². The Morgan fingerprint density at radius 2 is 1.84 bits per heavy atom. The number of amides is 2. The predicted molar refractivity (Wildman–Crippen MR) is 95.0 cm³/mol. The Kier molecular flexibility index (Phi) is 4.74. The Morgan fingerprint density at radius 1 is 1.12 bits per heavy atom. The zero-order valence-corrected chi connectivity index (χ0v) is 14.1. The molecule has 0 saturated carbocycles. The average molecular weight is 337 g/mol. The highest BCUT2D eigenvalue weighted by Crippen LogP contribution is 2.10. The smallest absolute Gasteiger partial charge is 0.244 e. The van der Waals surface area contributed by atoms with Crippen LogP contribution in [0, 0.1) is 6.92 Å². The first-order valence-corrected chi connectivity index (χ1v) is 7.91. The Morgan fingerprint density at radius 3 is 2.60 bits per heavy atom. The molecule has 0 aliphatic rings. The van der Waals surface area contributed by atoms with Gasteiger partial charge in [0.25, 0.3) is 0 Å². The van der Waals surface area contributed by atoms with Gasteiger partial charge in [-0.1, -0.05) is 35.0 Å². The molecule has 25 heavy (non-hydrogen) atoms. The number of benzene rings is 2. The molecule has 0 bridgehead atoms.